The highest BCUT2D eigenvalue weighted by molar-refractivity contribution is 9.10. The Hall–Kier alpha value is -2.49. The number of carbonyl (C=O) groups excluding carboxylic acids is 1. The summed E-state index contributed by atoms with van der Waals surface area (Å²) in [5.74, 6) is -0.341. The molecule has 7 heteroatoms. The third kappa shape index (κ3) is 4.78. The van der Waals surface area contributed by atoms with Crippen LogP contribution in [-0.2, 0) is 4.79 Å². The highest BCUT2D eigenvalue weighted by atomic mass is 79.9. The van der Waals surface area contributed by atoms with Crippen LogP contribution in [0.25, 0.3) is 6.08 Å². The molecule has 0 radical (unpaired) electrons. The Labute approximate surface area is 165 Å². The van der Waals surface area contributed by atoms with E-state index in [1.165, 1.54) is 6.08 Å². The number of anilines is 1. The van der Waals surface area contributed by atoms with Gasteiger partial charge in [-0.15, -0.1) is 0 Å². The first kappa shape index (κ1) is 19.8. The molecular formula is C19H16BrClN2O3. The summed E-state index contributed by atoms with van der Waals surface area (Å²) in [4.78, 5) is 12.4. The van der Waals surface area contributed by atoms with Gasteiger partial charge in [0.1, 0.15) is 11.6 Å². The monoisotopic (exact) mass is 434 g/mol. The Morgan fingerprint density at radius 1 is 1.42 bits per heavy atom. The van der Waals surface area contributed by atoms with E-state index in [2.05, 4.69) is 21.2 Å². The molecule has 0 atom stereocenters. The predicted molar refractivity (Wildman–Crippen MR) is 105 cm³/mol. The van der Waals surface area contributed by atoms with Crippen molar-refractivity contribution in [3.8, 4) is 17.6 Å². The molecule has 2 rings (SSSR count). The number of carbonyl (C=O) groups is 1. The maximum atomic E-state index is 12.4. The number of phenolic OH excluding ortho intramolecular Hbond substituents is 1. The summed E-state index contributed by atoms with van der Waals surface area (Å²) >= 11 is 9.27. The number of nitriles is 1. The van der Waals surface area contributed by atoms with E-state index in [4.69, 9.17) is 16.3 Å². The summed E-state index contributed by atoms with van der Waals surface area (Å²) < 4.78 is 5.75. The third-order valence-electron chi connectivity index (χ3n) is 3.46. The van der Waals surface area contributed by atoms with Crippen molar-refractivity contribution in [3.63, 3.8) is 0 Å². The lowest BCUT2D eigenvalue weighted by Gasteiger charge is -2.09. The van der Waals surface area contributed by atoms with Crippen LogP contribution >= 0.6 is 27.5 Å². The van der Waals surface area contributed by atoms with Crippen molar-refractivity contribution in [1.82, 2.24) is 0 Å². The van der Waals surface area contributed by atoms with Crippen LogP contribution in [0.15, 0.2) is 40.4 Å². The molecule has 2 aromatic rings. The summed E-state index contributed by atoms with van der Waals surface area (Å²) in [6, 6.07) is 10.1. The number of nitrogens with zero attached hydrogens (tertiary/aromatic N) is 1. The SMILES string of the molecule is CCOc1cc(C=C(C#N)C(=O)Nc2ccc(C)c(Cl)c2)cc(Br)c1O. The number of nitrogens with one attached hydrogen (secondary N) is 1. The topological polar surface area (TPSA) is 82.3 Å². The zero-order chi connectivity index (χ0) is 19.3. The van der Waals surface area contributed by atoms with Gasteiger partial charge in [0.15, 0.2) is 11.5 Å². The van der Waals surface area contributed by atoms with Gasteiger partial charge >= 0.3 is 0 Å². The van der Waals surface area contributed by atoms with Crippen molar-refractivity contribution in [2.24, 2.45) is 0 Å². The summed E-state index contributed by atoms with van der Waals surface area (Å²) in [6.07, 6.45) is 1.41. The van der Waals surface area contributed by atoms with Gasteiger partial charge in [0.25, 0.3) is 5.91 Å². The van der Waals surface area contributed by atoms with Crippen LogP contribution in [0.5, 0.6) is 11.5 Å². The Bertz CT molecular complexity index is 920. The van der Waals surface area contributed by atoms with Gasteiger partial charge in [-0.2, -0.15) is 5.26 Å². The zero-order valence-corrected chi connectivity index (χ0v) is 16.5. The van der Waals surface area contributed by atoms with Crippen molar-refractivity contribution >= 4 is 45.2 Å². The van der Waals surface area contributed by atoms with E-state index in [9.17, 15) is 15.2 Å². The van der Waals surface area contributed by atoms with Gasteiger partial charge < -0.3 is 15.2 Å². The van der Waals surface area contributed by atoms with Crippen molar-refractivity contribution in [1.29, 1.82) is 5.26 Å². The first-order chi connectivity index (χ1) is 12.3. The van der Waals surface area contributed by atoms with Crippen molar-refractivity contribution in [2.75, 3.05) is 11.9 Å². The molecular weight excluding hydrogens is 420 g/mol. The maximum Gasteiger partial charge on any atom is 0.266 e. The van der Waals surface area contributed by atoms with Crippen LogP contribution in [0.4, 0.5) is 5.69 Å². The first-order valence-electron chi connectivity index (χ1n) is 7.70. The second kappa shape index (κ2) is 8.75. The van der Waals surface area contributed by atoms with E-state index in [0.29, 0.717) is 27.4 Å². The number of benzene rings is 2. The molecule has 0 saturated heterocycles. The van der Waals surface area contributed by atoms with Crippen LogP contribution in [-0.4, -0.2) is 17.6 Å². The Morgan fingerprint density at radius 3 is 2.77 bits per heavy atom. The van der Waals surface area contributed by atoms with E-state index in [1.54, 1.807) is 37.3 Å². The predicted octanol–water partition coefficient (Wildman–Crippen LogP) is 5.06. The van der Waals surface area contributed by atoms with Gasteiger partial charge in [-0.3, -0.25) is 4.79 Å². The third-order valence-corrected chi connectivity index (χ3v) is 4.47. The number of aromatic hydroxyl groups is 1. The normalized spacial score (nSPS) is 11.0. The molecule has 0 heterocycles. The lowest BCUT2D eigenvalue weighted by molar-refractivity contribution is -0.112. The number of hydrogen-bond donors (Lipinski definition) is 2. The fourth-order valence-electron chi connectivity index (χ4n) is 2.13. The minimum atomic E-state index is -0.561. The fourth-order valence-corrected chi connectivity index (χ4v) is 2.77. The van der Waals surface area contributed by atoms with Gasteiger partial charge in [-0.25, -0.2) is 0 Å². The number of rotatable bonds is 5. The van der Waals surface area contributed by atoms with Crippen LogP contribution < -0.4 is 10.1 Å². The van der Waals surface area contributed by atoms with E-state index in [0.717, 1.165) is 5.56 Å². The highest BCUT2D eigenvalue weighted by Gasteiger charge is 2.13. The van der Waals surface area contributed by atoms with Crippen molar-refractivity contribution < 1.29 is 14.6 Å². The van der Waals surface area contributed by atoms with E-state index >= 15 is 0 Å². The minimum absolute atomic E-state index is 0.0405. The summed E-state index contributed by atoms with van der Waals surface area (Å²) in [6.45, 7) is 4.01. The summed E-state index contributed by atoms with van der Waals surface area (Å²) in [5, 5.41) is 22.4. The number of ether oxygens (including phenoxy) is 1. The van der Waals surface area contributed by atoms with Gasteiger partial charge in [0.05, 0.1) is 11.1 Å². The Kier molecular flexibility index (Phi) is 6.67. The number of halogens is 2. The van der Waals surface area contributed by atoms with E-state index < -0.39 is 5.91 Å². The van der Waals surface area contributed by atoms with Gasteiger partial charge in [-0.1, -0.05) is 17.7 Å². The molecule has 26 heavy (non-hydrogen) atoms. The highest BCUT2D eigenvalue weighted by Crippen LogP contribution is 2.36. The number of hydrogen-bond acceptors (Lipinski definition) is 4. The van der Waals surface area contributed by atoms with Crippen LogP contribution in [0.1, 0.15) is 18.1 Å². The van der Waals surface area contributed by atoms with E-state index in [-0.39, 0.29) is 17.1 Å². The standard InChI is InChI=1S/C19H16BrClN2O3/c1-3-26-17-8-12(7-15(20)18(17)24)6-13(10-22)19(25)23-14-5-4-11(2)16(21)9-14/h4-9,24H,3H2,1-2H3,(H,23,25). The lowest BCUT2D eigenvalue weighted by atomic mass is 10.1. The van der Waals surface area contributed by atoms with Gasteiger partial charge in [0.2, 0.25) is 0 Å². The zero-order valence-electron chi connectivity index (χ0n) is 14.1. The molecule has 0 aromatic heterocycles. The molecule has 0 aliphatic carbocycles. The Morgan fingerprint density at radius 2 is 2.15 bits per heavy atom. The van der Waals surface area contributed by atoms with Gasteiger partial charge in [-0.05, 0) is 71.2 Å². The molecule has 134 valence electrons. The second-order valence-electron chi connectivity index (χ2n) is 5.37. The molecule has 5 nitrogen and oxygen atoms in total. The lowest BCUT2D eigenvalue weighted by Crippen LogP contribution is -2.13. The molecule has 0 unspecified atom stereocenters. The quantitative estimate of drug-likeness (QED) is 0.508. The molecule has 0 aliphatic rings. The molecule has 0 bridgehead atoms. The molecule has 2 N–H and O–H groups in total. The minimum Gasteiger partial charge on any atom is -0.503 e. The average Bonchev–Trinajstić information content (AvgIpc) is 2.60. The van der Waals surface area contributed by atoms with Crippen molar-refractivity contribution in [3.05, 3.63) is 56.5 Å². The van der Waals surface area contributed by atoms with Crippen LogP contribution in [0, 0.1) is 18.3 Å². The van der Waals surface area contributed by atoms with Crippen LogP contribution in [0.2, 0.25) is 5.02 Å². The maximum absolute atomic E-state index is 12.4. The van der Waals surface area contributed by atoms with Crippen LogP contribution in [0.3, 0.4) is 0 Å². The first-order valence-corrected chi connectivity index (χ1v) is 8.87. The molecule has 0 aliphatic heterocycles. The molecule has 0 saturated carbocycles. The summed E-state index contributed by atoms with van der Waals surface area (Å²) in [7, 11) is 0. The smallest absolute Gasteiger partial charge is 0.266 e. The Balaban J connectivity index is 2.30. The largest absolute Gasteiger partial charge is 0.503 e. The number of amides is 1. The molecule has 0 spiro atoms. The molecule has 2 aromatic carbocycles. The van der Waals surface area contributed by atoms with E-state index in [1.807, 2.05) is 13.0 Å². The number of aryl methyl sites for hydroxylation is 1. The molecule has 0 fully saturated rings. The van der Waals surface area contributed by atoms with Crippen molar-refractivity contribution in [2.45, 2.75) is 13.8 Å². The summed E-state index contributed by atoms with van der Waals surface area (Å²) in [5.41, 5.74) is 1.82. The second-order valence-corrected chi connectivity index (χ2v) is 6.63. The average molecular weight is 436 g/mol. The number of phenols is 1. The van der Waals surface area contributed by atoms with Gasteiger partial charge in [0, 0.05) is 10.7 Å². The molecule has 1 amide bonds. The fraction of sp³-hybridized carbons (Fsp3) is 0.158.